The molecule has 1 unspecified atom stereocenters. The molecule has 1 aromatic rings. The molecule has 3 rings (SSSR count). The van der Waals surface area contributed by atoms with E-state index in [1.807, 2.05) is 12.1 Å². The van der Waals surface area contributed by atoms with Gasteiger partial charge in [0.05, 0.1) is 0 Å². The van der Waals surface area contributed by atoms with Crippen LogP contribution in [0.25, 0.3) is 0 Å². The number of benzene rings is 1. The third-order valence-electron chi connectivity index (χ3n) is 4.26. The van der Waals surface area contributed by atoms with E-state index >= 15 is 0 Å². The second kappa shape index (κ2) is 5.33. The zero-order chi connectivity index (χ0) is 13.2. The summed E-state index contributed by atoms with van der Waals surface area (Å²) in [6, 6.07) is 7.78. The SMILES string of the molecule is O=C(O)C(c1cccc(C2CC2)c1)N1CCCCC1. The first-order valence-electron chi connectivity index (χ1n) is 7.32. The van der Waals surface area contributed by atoms with Gasteiger partial charge in [0.2, 0.25) is 0 Å². The molecule has 1 aliphatic heterocycles. The Kier molecular flexibility index (Phi) is 3.56. The molecule has 1 heterocycles. The monoisotopic (exact) mass is 259 g/mol. The van der Waals surface area contributed by atoms with Gasteiger partial charge in [-0.25, -0.2) is 0 Å². The van der Waals surface area contributed by atoms with Crippen LogP contribution in [0.3, 0.4) is 0 Å². The van der Waals surface area contributed by atoms with Gasteiger partial charge in [0, 0.05) is 0 Å². The summed E-state index contributed by atoms with van der Waals surface area (Å²) in [7, 11) is 0. The van der Waals surface area contributed by atoms with E-state index in [0.29, 0.717) is 5.92 Å². The summed E-state index contributed by atoms with van der Waals surface area (Å²) < 4.78 is 0. The van der Waals surface area contributed by atoms with Gasteiger partial charge in [-0.15, -0.1) is 0 Å². The van der Waals surface area contributed by atoms with Gasteiger partial charge in [0.1, 0.15) is 6.04 Å². The first kappa shape index (κ1) is 12.7. The van der Waals surface area contributed by atoms with Crippen molar-refractivity contribution >= 4 is 5.97 Å². The van der Waals surface area contributed by atoms with Gasteiger partial charge in [0.25, 0.3) is 0 Å². The van der Waals surface area contributed by atoms with Crippen LogP contribution >= 0.6 is 0 Å². The maximum atomic E-state index is 11.7. The summed E-state index contributed by atoms with van der Waals surface area (Å²) in [5.41, 5.74) is 2.28. The standard InChI is InChI=1S/C16H21NO2/c18-16(19)15(17-9-2-1-3-10-17)14-6-4-5-13(11-14)12-7-8-12/h4-6,11-12,15H,1-3,7-10H2,(H,18,19). The molecule has 2 fully saturated rings. The Balaban J connectivity index is 1.86. The molecule has 1 saturated heterocycles. The second-order valence-corrected chi connectivity index (χ2v) is 5.78. The molecular weight excluding hydrogens is 238 g/mol. The maximum absolute atomic E-state index is 11.7. The van der Waals surface area contributed by atoms with Crippen LogP contribution in [0.1, 0.15) is 55.2 Å². The van der Waals surface area contributed by atoms with Crippen molar-refractivity contribution in [2.45, 2.75) is 44.1 Å². The Labute approximate surface area is 114 Å². The fourth-order valence-electron chi connectivity index (χ4n) is 3.09. The average molecular weight is 259 g/mol. The third-order valence-corrected chi connectivity index (χ3v) is 4.26. The predicted octanol–water partition coefficient (Wildman–Crippen LogP) is 3.18. The summed E-state index contributed by atoms with van der Waals surface area (Å²) in [6.45, 7) is 1.81. The largest absolute Gasteiger partial charge is 0.480 e. The van der Waals surface area contributed by atoms with E-state index in [-0.39, 0.29) is 0 Å². The van der Waals surface area contributed by atoms with Crippen LogP contribution in [0, 0.1) is 0 Å². The highest BCUT2D eigenvalue weighted by atomic mass is 16.4. The molecule has 3 heteroatoms. The normalized spacial score (nSPS) is 22.1. The lowest BCUT2D eigenvalue weighted by molar-refractivity contribution is -0.144. The van der Waals surface area contributed by atoms with E-state index in [1.54, 1.807) is 0 Å². The summed E-state index contributed by atoms with van der Waals surface area (Å²) in [6.07, 6.45) is 5.97. The lowest BCUT2D eigenvalue weighted by atomic mass is 9.98. The number of carbonyl (C=O) groups is 1. The minimum Gasteiger partial charge on any atom is -0.480 e. The summed E-state index contributed by atoms with van der Waals surface area (Å²) in [5.74, 6) is -0.0365. The van der Waals surface area contributed by atoms with Gasteiger partial charge < -0.3 is 5.11 Å². The number of aliphatic carboxylic acids is 1. The molecule has 1 N–H and O–H groups in total. The van der Waals surface area contributed by atoms with Crippen molar-refractivity contribution in [1.82, 2.24) is 4.90 Å². The van der Waals surface area contributed by atoms with Crippen molar-refractivity contribution < 1.29 is 9.90 Å². The van der Waals surface area contributed by atoms with Crippen molar-refractivity contribution in [1.29, 1.82) is 0 Å². The lowest BCUT2D eigenvalue weighted by Crippen LogP contribution is -2.37. The van der Waals surface area contributed by atoms with E-state index in [9.17, 15) is 9.90 Å². The first-order chi connectivity index (χ1) is 9.25. The van der Waals surface area contributed by atoms with Crippen molar-refractivity contribution in [3.05, 3.63) is 35.4 Å². The van der Waals surface area contributed by atoms with Gasteiger partial charge in [0.15, 0.2) is 0 Å². The van der Waals surface area contributed by atoms with E-state index in [4.69, 9.17) is 0 Å². The van der Waals surface area contributed by atoms with Crippen LogP contribution in [0.5, 0.6) is 0 Å². The second-order valence-electron chi connectivity index (χ2n) is 5.78. The smallest absolute Gasteiger partial charge is 0.325 e. The van der Waals surface area contributed by atoms with E-state index < -0.39 is 12.0 Å². The Hall–Kier alpha value is -1.35. The topological polar surface area (TPSA) is 40.5 Å². The van der Waals surface area contributed by atoms with Crippen LogP contribution in [0.15, 0.2) is 24.3 Å². The fourth-order valence-corrected chi connectivity index (χ4v) is 3.09. The number of hydrogen-bond acceptors (Lipinski definition) is 2. The average Bonchev–Trinajstić information content (AvgIpc) is 3.24. The third kappa shape index (κ3) is 2.81. The first-order valence-corrected chi connectivity index (χ1v) is 7.32. The van der Waals surface area contributed by atoms with Crippen LogP contribution in [0.2, 0.25) is 0 Å². The highest BCUT2D eigenvalue weighted by Crippen LogP contribution is 2.41. The number of rotatable bonds is 4. The zero-order valence-electron chi connectivity index (χ0n) is 11.2. The van der Waals surface area contributed by atoms with Gasteiger partial charge >= 0.3 is 5.97 Å². The molecule has 102 valence electrons. The number of nitrogens with zero attached hydrogens (tertiary/aromatic N) is 1. The zero-order valence-corrected chi connectivity index (χ0v) is 11.2. The summed E-state index contributed by atoms with van der Waals surface area (Å²) in [4.78, 5) is 13.8. The Morgan fingerprint density at radius 3 is 2.58 bits per heavy atom. The molecule has 1 aromatic carbocycles. The molecule has 1 atom stereocenters. The van der Waals surface area contributed by atoms with Crippen molar-refractivity contribution in [2.75, 3.05) is 13.1 Å². The van der Waals surface area contributed by atoms with E-state index in [1.165, 1.54) is 24.8 Å². The van der Waals surface area contributed by atoms with E-state index in [0.717, 1.165) is 31.5 Å². The molecule has 1 aliphatic carbocycles. The van der Waals surface area contributed by atoms with Crippen molar-refractivity contribution in [2.24, 2.45) is 0 Å². The van der Waals surface area contributed by atoms with Crippen LogP contribution < -0.4 is 0 Å². The number of hydrogen-bond donors (Lipinski definition) is 1. The molecule has 2 aliphatic rings. The number of carboxylic acids is 1. The maximum Gasteiger partial charge on any atom is 0.325 e. The molecule has 0 aromatic heterocycles. The molecule has 0 spiro atoms. The Bertz CT molecular complexity index is 462. The number of likely N-dealkylation sites (tertiary alicyclic amines) is 1. The predicted molar refractivity (Wildman–Crippen MR) is 74.2 cm³/mol. The highest BCUT2D eigenvalue weighted by molar-refractivity contribution is 5.75. The minimum absolute atomic E-state index is 0.459. The molecule has 1 saturated carbocycles. The molecule has 3 nitrogen and oxygen atoms in total. The van der Waals surface area contributed by atoms with Gasteiger partial charge in [-0.3, -0.25) is 9.69 Å². The van der Waals surface area contributed by atoms with Crippen LogP contribution in [0.4, 0.5) is 0 Å². The summed E-state index contributed by atoms with van der Waals surface area (Å²) >= 11 is 0. The van der Waals surface area contributed by atoms with E-state index in [2.05, 4.69) is 17.0 Å². The van der Waals surface area contributed by atoms with Gasteiger partial charge in [-0.05, 0) is 55.8 Å². The number of piperidine rings is 1. The quantitative estimate of drug-likeness (QED) is 0.902. The summed E-state index contributed by atoms with van der Waals surface area (Å²) in [5, 5.41) is 9.58. The highest BCUT2D eigenvalue weighted by Gasteiger charge is 2.30. The lowest BCUT2D eigenvalue weighted by Gasteiger charge is -2.32. The Morgan fingerprint density at radius 1 is 1.21 bits per heavy atom. The van der Waals surface area contributed by atoms with Crippen LogP contribution in [-0.2, 0) is 4.79 Å². The van der Waals surface area contributed by atoms with Crippen molar-refractivity contribution in [3.63, 3.8) is 0 Å². The molecule has 19 heavy (non-hydrogen) atoms. The fraction of sp³-hybridized carbons (Fsp3) is 0.562. The number of carboxylic acid groups (broad SMARTS) is 1. The van der Waals surface area contributed by atoms with Crippen molar-refractivity contribution in [3.8, 4) is 0 Å². The molecule has 0 amide bonds. The van der Waals surface area contributed by atoms with Gasteiger partial charge in [-0.2, -0.15) is 0 Å². The molecular formula is C16H21NO2. The Morgan fingerprint density at radius 2 is 1.95 bits per heavy atom. The minimum atomic E-state index is -0.713. The van der Waals surface area contributed by atoms with Crippen LogP contribution in [-0.4, -0.2) is 29.1 Å². The molecule has 0 bridgehead atoms. The molecule has 0 radical (unpaired) electrons. The van der Waals surface area contributed by atoms with Gasteiger partial charge in [-0.1, -0.05) is 30.7 Å².